The maximum Gasteiger partial charge on any atom is 0.573 e. The van der Waals surface area contributed by atoms with Gasteiger partial charge in [0.25, 0.3) is 0 Å². The van der Waals surface area contributed by atoms with Crippen LogP contribution in [0.2, 0.25) is 0 Å². The average molecular weight is 1750 g/mol. The Hall–Kier alpha value is -12.1. The third-order valence-corrected chi connectivity index (χ3v) is 19.5. The van der Waals surface area contributed by atoms with Gasteiger partial charge >= 0.3 is 18.9 Å². The molecule has 0 radical (unpaired) electrons. The summed E-state index contributed by atoms with van der Waals surface area (Å²) in [4.78, 5) is 130. The van der Waals surface area contributed by atoms with Gasteiger partial charge in [-0.2, -0.15) is 23.4 Å². The number of nitrogens with one attached hydrogen (secondary N) is 3. The smallest absolute Gasteiger partial charge is 0.406 e. The molecule has 30 nitrogen and oxygen atoms in total. The van der Waals surface area contributed by atoms with Gasteiger partial charge in [-0.25, -0.2) is 0 Å². The number of amides is 6. The van der Waals surface area contributed by atoms with Crippen molar-refractivity contribution >= 4 is 85.5 Å². The molecular formula is C86H104F9N19O11. The van der Waals surface area contributed by atoms with Crippen LogP contribution in [0.25, 0.3) is 32.7 Å². The Bertz CT molecular complexity index is 4800. The van der Waals surface area contributed by atoms with E-state index in [4.69, 9.17) is 51.6 Å². The molecule has 6 atom stereocenters. The number of carbonyl (C=O) groups is 9. The number of alkyl halides is 9. The highest BCUT2D eigenvalue weighted by Gasteiger charge is 2.35. The second kappa shape index (κ2) is 49.4. The van der Waals surface area contributed by atoms with Gasteiger partial charge in [0, 0.05) is 139 Å². The number of para-hydroxylation sites is 2. The van der Waals surface area contributed by atoms with Crippen LogP contribution in [0.3, 0.4) is 0 Å². The molecule has 3 heterocycles. The van der Waals surface area contributed by atoms with Gasteiger partial charge in [0.05, 0.1) is 70.5 Å². The number of Topliss-reactive ketones (excluding diaryl/α,β-unsaturated/α-hetero) is 3. The van der Waals surface area contributed by atoms with Crippen molar-refractivity contribution in [1.29, 1.82) is 0 Å². The number of carbonyl (C=O) groups excluding carboxylic acids is 9. The monoisotopic (exact) mass is 1750 g/mol. The summed E-state index contributed by atoms with van der Waals surface area (Å²) in [5.74, 6) is -4.65. The quantitative estimate of drug-likeness (QED) is 0.0224. The van der Waals surface area contributed by atoms with Gasteiger partial charge in [0.2, 0.25) is 35.4 Å². The maximum atomic E-state index is 13.4. The van der Waals surface area contributed by atoms with E-state index in [2.05, 4.69) is 45.6 Å². The molecule has 0 unspecified atom stereocenters. The van der Waals surface area contributed by atoms with Gasteiger partial charge in [-0.05, 0) is 139 Å². The Morgan fingerprint density at radius 3 is 0.968 bits per heavy atom. The van der Waals surface area contributed by atoms with E-state index in [9.17, 15) is 82.7 Å². The second-order valence-electron chi connectivity index (χ2n) is 29.1. The van der Waals surface area contributed by atoms with Crippen LogP contribution in [0.4, 0.5) is 39.5 Å². The molecule has 6 aromatic carbocycles. The van der Waals surface area contributed by atoms with Crippen molar-refractivity contribution in [3.05, 3.63) is 215 Å². The zero-order valence-electron chi connectivity index (χ0n) is 68.4. The molecule has 6 amide bonds. The van der Waals surface area contributed by atoms with Crippen LogP contribution in [-0.2, 0) is 87.9 Å². The highest BCUT2D eigenvalue weighted by atomic mass is 19.4. The van der Waals surface area contributed by atoms with Crippen LogP contribution in [0, 0.1) is 0 Å². The van der Waals surface area contributed by atoms with Gasteiger partial charge < -0.3 is 91.7 Å². The fraction of sp³-hybridized carbons (Fsp3) is 0.384. The van der Waals surface area contributed by atoms with E-state index < -0.39 is 95.7 Å². The van der Waals surface area contributed by atoms with E-state index in [1.54, 1.807) is 24.5 Å². The number of nitrogens with zero attached hydrogens (tertiary/aromatic N) is 7. The van der Waals surface area contributed by atoms with Crippen LogP contribution in [-0.4, -0.2) is 215 Å². The largest absolute Gasteiger partial charge is 0.573 e. The summed E-state index contributed by atoms with van der Waals surface area (Å²) >= 11 is 0. The highest BCUT2D eigenvalue weighted by Crippen LogP contribution is 2.31. The number of hydrogen-bond donors (Lipinski definition) is 12. The predicted molar refractivity (Wildman–Crippen MR) is 449 cm³/mol. The Morgan fingerprint density at radius 2 is 0.656 bits per heavy atom. The highest BCUT2D eigenvalue weighted by molar-refractivity contribution is 5.95. The standard InChI is InChI=1S/C29H35F3N6O4.C29H35F3N6O3.C28H34F3N7O4/c30-29(31,32)42-22-7-5-19(6-8-22)16-25(26(39)17-20-15-21-3-1-2-4-24(21)36-18-20)37-28(41)23(35)9-10-27(40)38(13-11-33)14-12-34;30-29(31,32)22-7-5-19(6-8-22)16-25(26(39)17-20-15-21-3-1-2-4-24(21)36-18-20)37-28(41)23(35)9-10-27(40)38(13-11-33)14-12-34;29-28(30,31)42-21-7-5-18(6-8-21)15-24(25(39)17-20-16-19-3-1-2-4-23(19)37-36-20)35-27(41)22(34)9-10-26(40)38(13-11-32)14-12-33/h1-8,15,18,23,25H,9-14,16-17,33-35H2,(H,37,41);1-8,15,18,23,25H,9-14,16-17,33-35H2,(H,37,41);1-8,16,22,24H,9-15,17,32-34H2,(H,35,41)/t23-,25+;23-,25-;22-,24+/m010/s1. The minimum atomic E-state index is -4.85. The molecule has 672 valence electrons. The van der Waals surface area contributed by atoms with Crippen LogP contribution in [0.5, 0.6) is 11.5 Å². The lowest BCUT2D eigenvalue weighted by molar-refractivity contribution is -0.275. The van der Waals surface area contributed by atoms with Crippen molar-refractivity contribution in [3.63, 3.8) is 0 Å². The SMILES string of the molecule is NCCN(CCN)C(=O)CC[C@@H](N)C(=O)N[C@H](Cc1ccc(C(F)(F)F)cc1)C(=O)Cc1cnc2ccccc2c1.NCCN(CCN)C(=O)CC[C@H](N)C(=O)N[C@H](Cc1ccc(OC(F)(F)F)cc1)C(=O)Cc1cc2ccccc2nn1.NCCN(CCN)C(=O)CC[C@H](N)C(=O)N[C@H](Cc1ccc(OC(F)(F)F)cc1)C(=O)Cc1cnc2ccccc2c1. The first kappa shape index (κ1) is 100. The zero-order chi connectivity index (χ0) is 91.4. The fourth-order valence-electron chi connectivity index (χ4n) is 13.0. The first-order chi connectivity index (χ1) is 59.5. The number of fused-ring (bicyclic) bond motifs is 3. The Labute approximate surface area is 714 Å². The number of benzene rings is 6. The van der Waals surface area contributed by atoms with Crippen molar-refractivity contribution in [1.82, 2.24) is 50.8 Å². The number of halogens is 9. The number of hydrogen-bond acceptors (Lipinski definition) is 24. The van der Waals surface area contributed by atoms with E-state index >= 15 is 0 Å². The lowest BCUT2D eigenvalue weighted by Gasteiger charge is -2.23. The van der Waals surface area contributed by atoms with Crippen molar-refractivity contribution in [2.75, 3.05) is 78.5 Å². The topological polar surface area (TPSA) is 504 Å². The summed E-state index contributed by atoms with van der Waals surface area (Å²) in [6.07, 6.45) is -11.4. The minimum Gasteiger partial charge on any atom is -0.406 e. The molecule has 0 bridgehead atoms. The van der Waals surface area contributed by atoms with E-state index in [0.29, 0.717) is 78.3 Å². The summed E-state index contributed by atoms with van der Waals surface area (Å²) < 4.78 is 122. The average Bonchev–Trinajstić information content (AvgIpc) is 0.836. The minimum absolute atomic E-state index is 0.00961. The van der Waals surface area contributed by atoms with E-state index in [1.165, 1.54) is 51.1 Å². The number of nitrogens with two attached hydrogens (primary N) is 9. The number of ketones is 3. The Balaban J connectivity index is 0.000000257. The van der Waals surface area contributed by atoms with Crippen LogP contribution >= 0.6 is 0 Å². The van der Waals surface area contributed by atoms with Crippen molar-refractivity contribution in [2.24, 2.45) is 51.6 Å². The third-order valence-electron chi connectivity index (χ3n) is 19.5. The molecule has 0 spiro atoms. The Morgan fingerprint density at radius 1 is 0.360 bits per heavy atom. The molecule has 3 aromatic heterocycles. The van der Waals surface area contributed by atoms with Gasteiger partial charge in [-0.15, -0.1) is 26.3 Å². The number of rotatable bonds is 44. The normalized spacial score (nSPS) is 12.9. The van der Waals surface area contributed by atoms with Crippen molar-refractivity contribution in [3.8, 4) is 11.5 Å². The van der Waals surface area contributed by atoms with E-state index in [0.717, 1.165) is 63.6 Å². The molecular weight excluding hydrogens is 1650 g/mol. The van der Waals surface area contributed by atoms with Crippen LogP contribution in [0.1, 0.15) is 77.6 Å². The molecule has 9 aromatic rings. The van der Waals surface area contributed by atoms with E-state index in [1.807, 2.05) is 78.9 Å². The lowest BCUT2D eigenvalue weighted by atomic mass is 9.96. The maximum absolute atomic E-state index is 13.4. The molecule has 0 saturated carbocycles. The third kappa shape index (κ3) is 34.2. The summed E-state index contributed by atoms with van der Waals surface area (Å²) in [6.45, 7) is 3.50. The molecule has 39 heteroatoms. The molecule has 21 N–H and O–H groups in total. The zero-order valence-corrected chi connectivity index (χ0v) is 68.4. The second-order valence-corrected chi connectivity index (χ2v) is 29.1. The molecule has 9 rings (SSSR count). The van der Waals surface area contributed by atoms with Crippen LogP contribution < -0.4 is 77.0 Å². The summed E-state index contributed by atoms with van der Waals surface area (Å²) in [7, 11) is 0. The number of ether oxygens (including phenoxy) is 2. The van der Waals surface area contributed by atoms with Gasteiger partial charge in [-0.1, -0.05) is 91.0 Å². The first-order valence-corrected chi connectivity index (χ1v) is 40.0. The fourth-order valence-corrected chi connectivity index (χ4v) is 13.0. The van der Waals surface area contributed by atoms with Crippen molar-refractivity contribution < 1.29 is 92.1 Å². The Kier molecular flexibility index (Phi) is 39.5. The van der Waals surface area contributed by atoms with Crippen molar-refractivity contribution in [2.45, 2.75) is 132 Å². The van der Waals surface area contributed by atoms with Crippen LogP contribution in [0.15, 0.2) is 176 Å². The molecule has 0 fully saturated rings. The first-order valence-electron chi connectivity index (χ1n) is 40.0. The predicted octanol–water partition coefficient (Wildman–Crippen LogP) is 4.99. The molecule has 0 aliphatic carbocycles. The van der Waals surface area contributed by atoms with Gasteiger partial charge in [0.15, 0.2) is 17.3 Å². The molecule has 0 aliphatic heterocycles. The number of pyridine rings is 2. The van der Waals surface area contributed by atoms with Gasteiger partial charge in [-0.3, -0.25) is 53.1 Å². The molecule has 0 aliphatic rings. The molecule has 125 heavy (non-hydrogen) atoms. The van der Waals surface area contributed by atoms with E-state index in [-0.39, 0.29) is 146 Å². The summed E-state index contributed by atoms with van der Waals surface area (Å²) in [5, 5.41) is 18.6. The summed E-state index contributed by atoms with van der Waals surface area (Å²) in [5.41, 5.74) is 55.8. The van der Waals surface area contributed by atoms with Gasteiger partial charge in [0.1, 0.15) is 11.5 Å². The summed E-state index contributed by atoms with van der Waals surface area (Å²) in [6, 6.07) is 35.3. The molecule has 0 saturated heterocycles. The number of aromatic nitrogens is 4. The lowest BCUT2D eigenvalue weighted by Crippen LogP contribution is -2.50.